The summed E-state index contributed by atoms with van der Waals surface area (Å²) in [6.45, 7) is 4.05. The summed E-state index contributed by atoms with van der Waals surface area (Å²) in [4.78, 5) is 40.9. The van der Waals surface area contributed by atoms with Crippen LogP contribution in [0.25, 0.3) is 0 Å². The third-order valence-corrected chi connectivity index (χ3v) is 6.99. The molecule has 202 valence electrons. The molecule has 0 saturated heterocycles. The van der Waals surface area contributed by atoms with Crippen LogP contribution in [0, 0.1) is 16.0 Å². The minimum atomic E-state index is -0.938. The van der Waals surface area contributed by atoms with Crippen LogP contribution in [0.15, 0.2) is 29.2 Å². The second kappa shape index (κ2) is 14.4. The van der Waals surface area contributed by atoms with Crippen LogP contribution in [0.5, 0.6) is 0 Å². The Hall–Kier alpha value is -2.41. The fourth-order valence-corrected chi connectivity index (χ4v) is 4.63. The van der Waals surface area contributed by atoms with Crippen molar-refractivity contribution in [3.63, 3.8) is 0 Å². The molecule has 1 saturated carbocycles. The molecule has 0 bridgehead atoms. The SMILES string of the molecule is CSc1ccccc1C[C@H](N)C(=O)OCC(O)CNC(C)(C)CNC(=O)[C@H]1CC[C@H](O[N+](=O)[O-])CC1. The fourth-order valence-electron chi connectivity index (χ4n) is 4.00. The number of carbonyl (C=O) groups excluding carboxylic acids is 2. The zero-order chi connectivity index (χ0) is 26.7. The number of esters is 1. The summed E-state index contributed by atoms with van der Waals surface area (Å²) in [6.07, 6.45) is 2.94. The first-order chi connectivity index (χ1) is 17.0. The predicted molar refractivity (Wildman–Crippen MR) is 136 cm³/mol. The molecule has 12 heteroatoms. The number of aliphatic hydroxyl groups excluding tert-OH is 1. The third kappa shape index (κ3) is 10.3. The number of hydrogen-bond acceptors (Lipinski definition) is 10. The molecule has 1 aliphatic rings. The highest BCUT2D eigenvalue weighted by atomic mass is 32.2. The van der Waals surface area contributed by atoms with Gasteiger partial charge in [0.1, 0.15) is 24.9 Å². The van der Waals surface area contributed by atoms with E-state index in [1.165, 1.54) is 0 Å². The molecule has 1 aliphatic carbocycles. The number of thioether (sulfide) groups is 1. The molecule has 0 heterocycles. The number of benzene rings is 1. The quantitative estimate of drug-likeness (QED) is 0.121. The van der Waals surface area contributed by atoms with Crippen molar-refractivity contribution in [2.75, 3.05) is 26.0 Å². The lowest BCUT2D eigenvalue weighted by Crippen LogP contribution is -2.52. The Labute approximate surface area is 216 Å². The Morgan fingerprint density at radius 1 is 1.28 bits per heavy atom. The highest BCUT2D eigenvalue weighted by Crippen LogP contribution is 2.26. The van der Waals surface area contributed by atoms with Gasteiger partial charge in [0.25, 0.3) is 5.09 Å². The zero-order valence-electron chi connectivity index (χ0n) is 21.1. The van der Waals surface area contributed by atoms with Gasteiger partial charge in [0.2, 0.25) is 5.91 Å². The van der Waals surface area contributed by atoms with Crippen LogP contribution in [0.2, 0.25) is 0 Å². The lowest BCUT2D eigenvalue weighted by Gasteiger charge is -2.30. The van der Waals surface area contributed by atoms with Gasteiger partial charge < -0.3 is 31.0 Å². The summed E-state index contributed by atoms with van der Waals surface area (Å²) in [6, 6.07) is 6.89. The molecule has 0 radical (unpaired) electrons. The molecule has 2 rings (SSSR count). The van der Waals surface area contributed by atoms with E-state index in [2.05, 4.69) is 15.5 Å². The number of rotatable bonds is 14. The van der Waals surface area contributed by atoms with Crippen molar-refractivity contribution in [3.05, 3.63) is 39.9 Å². The molecule has 1 aromatic carbocycles. The van der Waals surface area contributed by atoms with Gasteiger partial charge in [-0.05, 0) is 63.8 Å². The van der Waals surface area contributed by atoms with E-state index in [4.69, 9.17) is 10.5 Å². The van der Waals surface area contributed by atoms with Crippen LogP contribution < -0.4 is 16.4 Å². The summed E-state index contributed by atoms with van der Waals surface area (Å²) in [5.74, 6) is -0.879. The third-order valence-electron chi connectivity index (χ3n) is 6.15. The highest BCUT2D eigenvalue weighted by molar-refractivity contribution is 7.98. The molecule has 2 atom stereocenters. The Morgan fingerprint density at radius 2 is 1.94 bits per heavy atom. The van der Waals surface area contributed by atoms with Gasteiger partial charge in [0, 0.05) is 29.4 Å². The molecule has 11 nitrogen and oxygen atoms in total. The van der Waals surface area contributed by atoms with E-state index in [1.807, 2.05) is 44.4 Å². The van der Waals surface area contributed by atoms with Gasteiger partial charge in [-0.3, -0.25) is 9.59 Å². The predicted octanol–water partition coefficient (Wildman–Crippen LogP) is 1.43. The van der Waals surface area contributed by atoms with E-state index in [1.54, 1.807) is 11.8 Å². The van der Waals surface area contributed by atoms with E-state index in [0.29, 0.717) is 38.6 Å². The van der Waals surface area contributed by atoms with Crippen molar-refractivity contribution in [1.29, 1.82) is 0 Å². The average molecular weight is 527 g/mol. The van der Waals surface area contributed by atoms with Crippen molar-refractivity contribution >= 4 is 23.6 Å². The molecule has 1 amide bonds. The summed E-state index contributed by atoms with van der Waals surface area (Å²) in [5, 5.41) is 26.0. The maximum absolute atomic E-state index is 12.5. The van der Waals surface area contributed by atoms with Gasteiger partial charge in [0.05, 0.1) is 0 Å². The minimum absolute atomic E-state index is 0.101. The van der Waals surface area contributed by atoms with Gasteiger partial charge >= 0.3 is 5.97 Å². The lowest BCUT2D eigenvalue weighted by atomic mass is 9.86. The van der Waals surface area contributed by atoms with Gasteiger partial charge in [0.15, 0.2) is 0 Å². The number of β-amino-alcohol motifs (C(OH)–C–C–N with tert-alkyl or cyclic N) is 1. The Balaban J connectivity index is 1.66. The number of ether oxygens (including phenoxy) is 1. The van der Waals surface area contributed by atoms with Gasteiger partial charge in [-0.25, -0.2) is 0 Å². The van der Waals surface area contributed by atoms with Crippen LogP contribution in [0.4, 0.5) is 0 Å². The van der Waals surface area contributed by atoms with Crippen LogP contribution in [0.3, 0.4) is 0 Å². The highest BCUT2D eigenvalue weighted by Gasteiger charge is 2.29. The van der Waals surface area contributed by atoms with Crippen molar-refractivity contribution in [2.45, 2.75) is 74.6 Å². The fraction of sp³-hybridized carbons (Fsp3) is 0.667. The van der Waals surface area contributed by atoms with Crippen LogP contribution in [-0.2, 0) is 25.6 Å². The van der Waals surface area contributed by atoms with E-state index in [0.717, 1.165) is 10.5 Å². The smallest absolute Gasteiger partial charge is 0.323 e. The molecule has 1 fully saturated rings. The first-order valence-corrected chi connectivity index (χ1v) is 13.3. The van der Waals surface area contributed by atoms with E-state index < -0.39 is 34.8 Å². The van der Waals surface area contributed by atoms with Crippen molar-refractivity contribution in [2.24, 2.45) is 11.7 Å². The first kappa shape index (κ1) is 29.8. The molecule has 5 N–H and O–H groups in total. The van der Waals surface area contributed by atoms with Gasteiger partial charge in [-0.1, -0.05) is 18.2 Å². The number of nitrogens with one attached hydrogen (secondary N) is 2. The summed E-state index contributed by atoms with van der Waals surface area (Å²) in [5.41, 5.74) is 6.45. The Kier molecular flexibility index (Phi) is 11.9. The molecular formula is C24H38N4O7S. The van der Waals surface area contributed by atoms with Crippen molar-refractivity contribution < 1.29 is 29.4 Å². The van der Waals surface area contributed by atoms with Gasteiger partial charge in [-0.15, -0.1) is 21.9 Å². The molecular weight excluding hydrogens is 488 g/mol. The molecule has 1 aromatic rings. The Morgan fingerprint density at radius 3 is 2.58 bits per heavy atom. The zero-order valence-corrected chi connectivity index (χ0v) is 21.9. The number of carbonyl (C=O) groups is 2. The number of hydrogen-bond donors (Lipinski definition) is 4. The maximum atomic E-state index is 12.5. The minimum Gasteiger partial charge on any atom is -0.462 e. The largest absolute Gasteiger partial charge is 0.462 e. The first-order valence-electron chi connectivity index (χ1n) is 12.1. The van der Waals surface area contributed by atoms with E-state index >= 15 is 0 Å². The molecule has 0 spiro atoms. The van der Waals surface area contributed by atoms with Crippen molar-refractivity contribution in [3.8, 4) is 0 Å². The van der Waals surface area contributed by atoms with Crippen LogP contribution in [-0.4, -0.2) is 71.8 Å². The second-order valence-electron chi connectivity index (χ2n) is 9.69. The Bertz CT molecular complexity index is 878. The lowest BCUT2D eigenvalue weighted by molar-refractivity contribution is -0.769. The number of aliphatic hydroxyl groups is 1. The van der Waals surface area contributed by atoms with E-state index in [-0.39, 0.29) is 25.0 Å². The number of nitrogens with two attached hydrogens (primary N) is 1. The summed E-state index contributed by atoms with van der Waals surface area (Å²) >= 11 is 1.58. The molecule has 0 aromatic heterocycles. The van der Waals surface area contributed by atoms with Crippen LogP contribution in [0.1, 0.15) is 45.1 Å². The number of nitrogens with zero attached hydrogens (tertiary/aromatic N) is 1. The van der Waals surface area contributed by atoms with Gasteiger partial charge in [-0.2, -0.15) is 0 Å². The molecule has 36 heavy (non-hydrogen) atoms. The van der Waals surface area contributed by atoms with Crippen LogP contribution >= 0.6 is 11.8 Å². The summed E-state index contributed by atoms with van der Waals surface area (Å²) < 4.78 is 5.20. The molecule has 0 aliphatic heterocycles. The maximum Gasteiger partial charge on any atom is 0.323 e. The van der Waals surface area contributed by atoms with Crippen molar-refractivity contribution in [1.82, 2.24) is 10.6 Å². The number of amides is 1. The average Bonchev–Trinajstić information content (AvgIpc) is 2.85. The molecule has 1 unspecified atom stereocenters. The van der Waals surface area contributed by atoms with E-state index in [9.17, 15) is 24.8 Å². The summed E-state index contributed by atoms with van der Waals surface area (Å²) in [7, 11) is 0. The monoisotopic (exact) mass is 526 g/mol. The topological polar surface area (TPSA) is 166 Å². The second-order valence-corrected chi connectivity index (χ2v) is 10.5. The normalized spacial score (nSPS) is 19.7. The standard InChI is InChI=1S/C24H38N4O7S/c1-24(2,15-26-22(30)16-8-10-19(11-9-16)35-28(32)33)27-13-18(29)14-34-23(31)20(25)12-17-6-4-5-7-21(17)36-3/h4-7,16,18-20,27,29H,8-15,25H2,1-3H3,(H,26,30)/t16-,18?,19-,20-/m0/s1.